The lowest BCUT2D eigenvalue weighted by Gasteiger charge is -2.12. The second-order valence-corrected chi connectivity index (χ2v) is 5.32. The van der Waals surface area contributed by atoms with Crippen molar-refractivity contribution in [1.29, 1.82) is 0 Å². The van der Waals surface area contributed by atoms with Crippen LogP contribution in [0.1, 0.15) is 36.4 Å². The fourth-order valence-electron chi connectivity index (χ4n) is 2.33. The molecule has 0 amide bonds. The van der Waals surface area contributed by atoms with Crippen molar-refractivity contribution in [1.82, 2.24) is 9.78 Å². The number of methoxy groups -OCH3 is 1. The number of ether oxygens (including phenoxy) is 1. The van der Waals surface area contributed by atoms with Crippen LogP contribution >= 0.6 is 12.2 Å². The third-order valence-electron chi connectivity index (χ3n) is 3.52. The summed E-state index contributed by atoms with van der Waals surface area (Å²) in [5.74, 6) is 0.825. The summed E-state index contributed by atoms with van der Waals surface area (Å²) in [6, 6.07) is 7.92. The van der Waals surface area contributed by atoms with Crippen molar-refractivity contribution < 1.29 is 4.74 Å². The molecule has 0 bridgehead atoms. The summed E-state index contributed by atoms with van der Waals surface area (Å²) >= 11 is 5.05. The molecule has 2 aromatic rings. The predicted molar refractivity (Wildman–Crippen MR) is 89.0 cm³/mol. The number of rotatable bonds is 6. The molecule has 2 N–H and O–H groups in total. The van der Waals surface area contributed by atoms with Gasteiger partial charge in [-0.05, 0) is 37.1 Å². The van der Waals surface area contributed by atoms with Crippen LogP contribution in [0, 0.1) is 0 Å². The Morgan fingerprint density at radius 1 is 1.29 bits per heavy atom. The molecule has 2 rings (SSSR count). The van der Waals surface area contributed by atoms with Crippen molar-refractivity contribution in [3.8, 4) is 5.75 Å². The lowest BCUT2D eigenvalue weighted by Crippen LogP contribution is -2.12. The summed E-state index contributed by atoms with van der Waals surface area (Å²) in [5.41, 5.74) is 9.92. The summed E-state index contributed by atoms with van der Waals surface area (Å²) in [6.45, 7) is 4.90. The van der Waals surface area contributed by atoms with Crippen molar-refractivity contribution in [2.45, 2.75) is 33.2 Å². The zero-order chi connectivity index (χ0) is 15.4. The lowest BCUT2D eigenvalue weighted by atomic mass is 10.1. The van der Waals surface area contributed by atoms with E-state index in [0.29, 0.717) is 11.5 Å². The van der Waals surface area contributed by atoms with Gasteiger partial charge in [-0.2, -0.15) is 5.10 Å². The molecule has 1 heterocycles. The molecule has 0 aliphatic rings. The lowest BCUT2D eigenvalue weighted by molar-refractivity contribution is 0.407. The zero-order valence-electron chi connectivity index (χ0n) is 12.7. The first-order valence-corrected chi connectivity index (χ1v) is 7.52. The maximum Gasteiger partial charge on any atom is 0.123 e. The fourth-order valence-corrected chi connectivity index (χ4v) is 2.45. The second-order valence-electron chi connectivity index (χ2n) is 4.88. The van der Waals surface area contributed by atoms with Gasteiger partial charge in [0.25, 0.3) is 0 Å². The van der Waals surface area contributed by atoms with E-state index in [-0.39, 0.29) is 0 Å². The largest absolute Gasteiger partial charge is 0.496 e. The average Bonchev–Trinajstić information content (AvgIpc) is 2.89. The molecule has 112 valence electrons. The molecule has 0 atom stereocenters. The Bertz CT molecular complexity index is 649. The molecule has 0 aliphatic heterocycles. The van der Waals surface area contributed by atoms with Crippen LogP contribution < -0.4 is 10.5 Å². The molecule has 0 unspecified atom stereocenters. The third kappa shape index (κ3) is 3.42. The summed E-state index contributed by atoms with van der Waals surface area (Å²) in [7, 11) is 1.67. The Kier molecular flexibility index (Phi) is 4.96. The van der Waals surface area contributed by atoms with Gasteiger partial charge in [0, 0.05) is 16.8 Å². The number of aryl methyl sites for hydroxylation is 2. The molecule has 0 aliphatic carbocycles. The van der Waals surface area contributed by atoms with Crippen molar-refractivity contribution in [2.75, 3.05) is 7.11 Å². The Morgan fingerprint density at radius 3 is 2.62 bits per heavy atom. The quantitative estimate of drug-likeness (QED) is 0.834. The maximum absolute atomic E-state index is 5.72. The van der Waals surface area contributed by atoms with Crippen molar-refractivity contribution in [2.24, 2.45) is 5.73 Å². The van der Waals surface area contributed by atoms with Crippen LogP contribution in [0.25, 0.3) is 0 Å². The molecule has 0 saturated heterocycles. The molecule has 0 fully saturated rings. The van der Waals surface area contributed by atoms with E-state index in [1.165, 1.54) is 5.69 Å². The van der Waals surface area contributed by atoms with Crippen molar-refractivity contribution in [3.63, 3.8) is 0 Å². The number of benzene rings is 1. The first kappa shape index (κ1) is 15.5. The summed E-state index contributed by atoms with van der Waals surface area (Å²) in [6.07, 6.45) is 1.88. The SMILES string of the molecule is CCc1cc(CC)n(Cc2cc(C(N)=S)ccc2OC)n1. The first-order valence-electron chi connectivity index (χ1n) is 7.11. The molecular weight excluding hydrogens is 282 g/mol. The topological polar surface area (TPSA) is 53.1 Å². The highest BCUT2D eigenvalue weighted by atomic mass is 32.1. The highest BCUT2D eigenvalue weighted by Gasteiger charge is 2.11. The monoisotopic (exact) mass is 303 g/mol. The molecule has 4 nitrogen and oxygen atoms in total. The standard InChI is InChI=1S/C16H21N3OS/c1-4-13-9-14(5-2)19(18-13)10-12-8-11(16(17)21)6-7-15(12)20-3/h6-9H,4-5,10H2,1-3H3,(H2,17,21). The van der Waals surface area contributed by atoms with E-state index in [1.807, 2.05) is 22.9 Å². The number of nitrogens with zero attached hydrogens (tertiary/aromatic N) is 2. The highest BCUT2D eigenvalue weighted by Crippen LogP contribution is 2.22. The molecule has 21 heavy (non-hydrogen) atoms. The van der Waals surface area contributed by atoms with Crippen molar-refractivity contribution in [3.05, 3.63) is 46.8 Å². The number of nitrogens with two attached hydrogens (primary N) is 1. The van der Waals surface area contributed by atoms with Gasteiger partial charge in [0.1, 0.15) is 10.7 Å². The number of hydrogen-bond acceptors (Lipinski definition) is 3. The van der Waals surface area contributed by atoms with Crippen LogP contribution in [0.15, 0.2) is 24.3 Å². The van der Waals surface area contributed by atoms with E-state index in [0.717, 1.165) is 35.4 Å². The van der Waals surface area contributed by atoms with Crippen LogP contribution in [-0.2, 0) is 19.4 Å². The van der Waals surface area contributed by atoms with E-state index in [2.05, 4.69) is 25.0 Å². The van der Waals surface area contributed by atoms with Gasteiger partial charge in [-0.15, -0.1) is 0 Å². The normalized spacial score (nSPS) is 10.6. The number of hydrogen-bond donors (Lipinski definition) is 1. The minimum Gasteiger partial charge on any atom is -0.496 e. The highest BCUT2D eigenvalue weighted by molar-refractivity contribution is 7.80. The van der Waals surface area contributed by atoms with E-state index in [1.54, 1.807) is 7.11 Å². The Labute approximate surface area is 130 Å². The van der Waals surface area contributed by atoms with Crippen LogP contribution in [0.4, 0.5) is 0 Å². The van der Waals surface area contributed by atoms with Gasteiger partial charge in [-0.3, -0.25) is 4.68 Å². The Morgan fingerprint density at radius 2 is 2.05 bits per heavy atom. The summed E-state index contributed by atoms with van der Waals surface area (Å²) in [4.78, 5) is 0.393. The van der Waals surface area contributed by atoms with Gasteiger partial charge < -0.3 is 10.5 Å². The minimum atomic E-state index is 0.393. The first-order chi connectivity index (χ1) is 10.1. The molecule has 1 aromatic heterocycles. The van der Waals surface area contributed by atoms with Crippen LogP contribution in [0.2, 0.25) is 0 Å². The number of aromatic nitrogens is 2. The number of thiocarbonyl (C=S) groups is 1. The maximum atomic E-state index is 5.72. The third-order valence-corrected chi connectivity index (χ3v) is 3.76. The summed E-state index contributed by atoms with van der Waals surface area (Å²) in [5, 5.41) is 4.64. The molecule has 5 heteroatoms. The van der Waals surface area contributed by atoms with Gasteiger partial charge in [-0.1, -0.05) is 26.1 Å². The molecular formula is C16H21N3OS. The van der Waals surface area contributed by atoms with E-state index in [4.69, 9.17) is 22.7 Å². The molecule has 0 spiro atoms. The van der Waals surface area contributed by atoms with Crippen LogP contribution in [-0.4, -0.2) is 21.9 Å². The Balaban J connectivity index is 2.39. The smallest absolute Gasteiger partial charge is 0.123 e. The minimum absolute atomic E-state index is 0.393. The Hall–Kier alpha value is -1.88. The molecule has 0 radical (unpaired) electrons. The summed E-state index contributed by atoms with van der Waals surface area (Å²) < 4.78 is 7.46. The zero-order valence-corrected chi connectivity index (χ0v) is 13.5. The van der Waals surface area contributed by atoms with Gasteiger partial charge in [0.05, 0.1) is 19.3 Å². The second kappa shape index (κ2) is 6.72. The predicted octanol–water partition coefficient (Wildman–Crippen LogP) is 2.70. The van der Waals surface area contributed by atoms with Gasteiger partial charge >= 0.3 is 0 Å². The van der Waals surface area contributed by atoms with Gasteiger partial charge in [0.15, 0.2) is 0 Å². The van der Waals surface area contributed by atoms with Gasteiger partial charge in [0.2, 0.25) is 0 Å². The molecule has 1 aromatic carbocycles. The van der Waals surface area contributed by atoms with Crippen molar-refractivity contribution >= 4 is 17.2 Å². The van der Waals surface area contributed by atoms with E-state index in [9.17, 15) is 0 Å². The fraction of sp³-hybridized carbons (Fsp3) is 0.375. The van der Waals surface area contributed by atoms with Gasteiger partial charge in [-0.25, -0.2) is 0 Å². The van der Waals surface area contributed by atoms with Crippen LogP contribution in [0.3, 0.4) is 0 Å². The van der Waals surface area contributed by atoms with E-state index < -0.39 is 0 Å². The van der Waals surface area contributed by atoms with E-state index >= 15 is 0 Å². The van der Waals surface area contributed by atoms with Crippen LogP contribution in [0.5, 0.6) is 5.75 Å². The molecule has 0 saturated carbocycles. The average molecular weight is 303 g/mol.